The van der Waals surface area contributed by atoms with E-state index in [4.69, 9.17) is 9.84 Å². The second-order valence-corrected chi connectivity index (χ2v) is 8.14. The first kappa shape index (κ1) is 19.4. The number of carbonyl (C=O) groups excluding carboxylic acids is 1. The van der Waals surface area contributed by atoms with E-state index in [9.17, 15) is 14.9 Å². The van der Waals surface area contributed by atoms with Gasteiger partial charge in [0.05, 0.1) is 5.56 Å². The number of nitrogens with zero attached hydrogens (tertiary/aromatic N) is 1. The Labute approximate surface area is 151 Å². The third kappa shape index (κ3) is 4.59. The van der Waals surface area contributed by atoms with Gasteiger partial charge in [-0.05, 0) is 36.2 Å². The van der Waals surface area contributed by atoms with Crippen LogP contribution in [0.1, 0.15) is 49.6 Å². The molecule has 0 aliphatic heterocycles. The van der Waals surface area contributed by atoms with E-state index in [-0.39, 0.29) is 12.0 Å². The summed E-state index contributed by atoms with van der Waals surface area (Å²) in [6.45, 7) is 5.90. The fraction of sp³-hybridized carbons (Fsp3) is 0.611. The van der Waals surface area contributed by atoms with Crippen LogP contribution in [0.25, 0.3) is 0 Å². The molecule has 1 heterocycles. The molecule has 7 heteroatoms. The van der Waals surface area contributed by atoms with E-state index in [0.717, 1.165) is 31.2 Å². The highest BCUT2D eigenvalue weighted by Crippen LogP contribution is 2.45. The van der Waals surface area contributed by atoms with Crippen LogP contribution in [0.5, 0.6) is 0 Å². The van der Waals surface area contributed by atoms with Crippen LogP contribution >= 0.6 is 11.3 Å². The number of amides is 1. The zero-order chi connectivity index (χ0) is 18.6. The zero-order valence-corrected chi connectivity index (χ0v) is 15.7. The third-order valence-corrected chi connectivity index (χ3v) is 6.27. The number of rotatable bonds is 7. The minimum atomic E-state index is -1.12. The topological polar surface area (TPSA) is 99.4 Å². The molecular weight excluding hydrogens is 340 g/mol. The summed E-state index contributed by atoms with van der Waals surface area (Å²) in [7, 11) is 0. The quantitative estimate of drug-likeness (QED) is 0.774. The molecule has 0 spiro atoms. The number of anilines is 1. The highest BCUT2D eigenvalue weighted by molar-refractivity contribution is 7.16. The molecule has 6 nitrogen and oxygen atoms in total. The van der Waals surface area contributed by atoms with Crippen LogP contribution in [0.4, 0.5) is 5.00 Å². The van der Waals surface area contributed by atoms with E-state index in [2.05, 4.69) is 32.2 Å². The van der Waals surface area contributed by atoms with Crippen LogP contribution in [0.2, 0.25) is 0 Å². The lowest BCUT2D eigenvalue weighted by Gasteiger charge is -2.36. The molecule has 1 atom stereocenters. The molecule has 1 aromatic heterocycles. The van der Waals surface area contributed by atoms with Gasteiger partial charge in [-0.15, -0.1) is 11.3 Å². The van der Waals surface area contributed by atoms with Gasteiger partial charge in [0, 0.05) is 4.88 Å². The summed E-state index contributed by atoms with van der Waals surface area (Å²) >= 11 is 1.46. The number of ether oxygens (including phenoxy) is 1. The van der Waals surface area contributed by atoms with E-state index in [1.807, 2.05) is 0 Å². The second-order valence-electron chi connectivity index (χ2n) is 7.04. The number of thiophene rings is 1. The smallest absolute Gasteiger partial charge is 0.329 e. The molecule has 1 unspecified atom stereocenters. The van der Waals surface area contributed by atoms with E-state index in [1.165, 1.54) is 16.2 Å². The van der Waals surface area contributed by atoms with E-state index < -0.39 is 18.5 Å². The van der Waals surface area contributed by atoms with Crippen molar-refractivity contribution in [3.8, 4) is 6.07 Å². The lowest BCUT2D eigenvalue weighted by Crippen LogP contribution is -2.28. The average molecular weight is 364 g/mol. The number of carboxylic acid groups (broad SMARTS) is 1. The second kappa shape index (κ2) is 7.98. The summed E-state index contributed by atoms with van der Waals surface area (Å²) in [6.07, 6.45) is 3.94. The Morgan fingerprint density at radius 1 is 1.44 bits per heavy atom. The first-order valence-corrected chi connectivity index (χ1v) is 9.24. The van der Waals surface area contributed by atoms with Crippen LogP contribution in [0.15, 0.2) is 0 Å². The molecule has 0 aromatic carbocycles. The molecule has 0 bridgehead atoms. The van der Waals surface area contributed by atoms with Gasteiger partial charge in [-0.3, -0.25) is 4.79 Å². The maximum atomic E-state index is 11.9. The van der Waals surface area contributed by atoms with Gasteiger partial charge in [0.1, 0.15) is 24.3 Å². The van der Waals surface area contributed by atoms with Crippen molar-refractivity contribution in [2.45, 2.75) is 46.5 Å². The predicted octanol–water partition coefficient (Wildman–Crippen LogP) is 3.20. The molecular formula is C18H24N2O4S. The average Bonchev–Trinajstić information content (AvgIpc) is 2.90. The highest BCUT2D eigenvalue weighted by atomic mass is 32.1. The van der Waals surface area contributed by atoms with Crippen LogP contribution < -0.4 is 5.32 Å². The predicted molar refractivity (Wildman–Crippen MR) is 95.7 cm³/mol. The van der Waals surface area contributed by atoms with E-state index >= 15 is 0 Å². The molecule has 2 N–H and O–H groups in total. The number of carboxylic acids is 1. The van der Waals surface area contributed by atoms with Crippen molar-refractivity contribution in [2.75, 3.05) is 18.5 Å². The molecule has 25 heavy (non-hydrogen) atoms. The number of aliphatic carboxylic acids is 1. The van der Waals surface area contributed by atoms with Gasteiger partial charge in [-0.2, -0.15) is 5.26 Å². The number of fused-ring (bicyclic) bond motifs is 1. The molecule has 2 rings (SSSR count). The number of nitriles is 1. The molecule has 0 saturated carbocycles. The lowest BCUT2D eigenvalue weighted by atomic mass is 9.69. The van der Waals surface area contributed by atoms with Crippen LogP contribution in [-0.4, -0.2) is 30.2 Å². The Morgan fingerprint density at radius 2 is 2.16 bits per heavy atom. The van der Waals surface area contributed by atoms with Gasteiger partial charge in [-0.1, -0.05) is 27.2 Å². The van der Waals surface area contributed by atoms with E-state index in [1.54, 1.807) is 0 Å². The summed E-state index contributed by atoms with van der Waals surface area (Å²) in [6, 6.07) is 2.21. The number of carbonyl (C=O) groups is 2. The highest BCUT2D eigenvalue weighted by Gasteiger charge is 2.34. The fourth-order valence-corrected chi connectivity index (χ4v) is 4.44. The largest absolute Gasteiger partial charge is 0.480 e. The number of hydrogen-bond acceptors (Lipinski definition) is 5. The SMILES string of the molecule is CCC(C)(C)C1CCc2c(sc(NC(=O)COCC(=O)O)c2C#N)C1. The van der Waals surface area contributed by atoms with Gasteiger partial charge >= 0.3 is 5.97 Å². The molecule has 0 saturated heterocycles. The van der Waals surface area contributed by atoms with Gasteiger partial charge < -0.3 is 15.2 Å². The lowest BCUT2D eigenvalue weighted by molar-refractivity contribution is -0.143. The molecule has 0 fully saturated rings. The van der Waals surface area contributed by atoms with Gasteiger partial charge in [-0.25, -0.2) is 4.79 Å². The normalized spacial score (nSPS) is 16.8. The first-order valence-electron chi connectivity index (χ1n) is 8.42. The van der Waals surface area contributed by atoms with Crippen LogP contribution in [0.3, 0.4) is 0 Å². The van der Waals surface area contributed by atoms with Gasteiger partial charge in [0.2, 0.25) is 0 Å². The van der Waals surface area contributed by atoms with Crippen LogP contribution in [-0.2, 0) is 27.2 Å². The summed E-state index contributed by atoms with van der Waals surface area (Å²) in [5.74, 6) is -0.999. The van der Waals surface area contributed by atoms with Crippen molar-refractivity contribution in [2.24, 2.45) is 11.3 Å². The molecule has 136 valence electrons. The molecule has 1 aromatic rings. The van der Waals surface area contributed by atoms with Crippen molar-refractivity contribution in [3.05, 3.63) is 16.0 Å². The Morgan fingerprint density at radius 3 is 2.76 bits per heavy atom. The standard InChI is InChI=1S/C18H24N2O4S/c1-4-18(2,3)11-5-6-12-13(8-19)17(25-14(12)7-11)20-15(21)9-24-10-16(22)23/h11H,4-7,9-10H2,1-3H3,(H,20,21)(H,22,23). The van der Waals surface area contributed by atoms with Crippen LogP contribution in [0, 0.1) is 22.7 Å². The minimum Gasteiger partial charge on any atom is -0.480 e. The Kier molecular flexibility index (Phi) is 6.20. The zero-order valence-electron chi connectivity index (χ0n) is 14.8. The molecule has 0 radical (unpaired) electrons. The summed E-state index contributed by atoms with van der Waals surface area (Å²) in [5.41, 5.74) is 1.85. The van der Waals surface area contributed by atoms with E-state index in [0.29, 0.717) is 16.5 Å². The summed E-state index contributed by atoms with van der Waals surface area (Å²) < 4.78 is 4.79. The van der Waals surface area contributed by atoms with Crippen molar-refractivity contribution in [1.82, 2.24) is 0 Å². The number of nitrogens with one attached hydrogen (secondary N) is 1. The maximum Gasteiger partial charge on any atom is 0.329 e. The number of hydrogen-bond donors (Lipinski definition) is 2. The molecule has 1 amide bonds. The Hall–Kier alpha value is -1.91. The van der Waals surface area contributed by atoms with Gasteiger partial charge in [0.25, 0.3) is 5.91 Å². The van der Waals surface area contributed by atoms with Crippen molar-refractivity contribution < 1.29 is 19.4 Å². The maximum absolute atomic E-state index is 11.9. The van der Waals surface area contributed by atoms with Crippen molar-refractivity contribution in [1.29, 1.82) is 5.26 Å². The minimum absolute atomic E-state index is 0.253. The fourth-order valence-electron chi connectivity index (χ4n) is 3.14. The Balaban J connectivity index is 2.11. The summed E-state index contributed by atoms with van der Waals surface area (Å²) in [4.78, 5) is 23.5. The molecule has 1 aliphatic carbocycles. The van der Waals surface area contributed by atoms with Gasteiger partial charge in [0.15, 0.2) is 0 Å². The third-order valence-electron chi connectivity index (χ3n) is 5.11. The van der Waals surface area contributed by atoms with Crippen molar-refractivity contribution >= 4 is 28.2 Å². The monoisotopic (exact) mass is 364 g/mol. The van der Waals surface area contributed by atoms with Crippen molar-refractivity contribution in [3.63, 3.8) is 0 Å². The summed E-state index contributed by atoms with van der Waals surface area (Å²) in [5, 5.41) is 21.3. The molecule has 1 aliphatic rings. The first-order chi connectivity index (χ1) is 11.8. The Bertz CT molecular complexity index is 703.